The molecule has 0 atom stereocenters. The molecule has 0 fully saturated rings. The van der Waals surface area contributed by atoms with Gasteiger partial charge in [-0.2, -0.15) is 5.26 Å². The Morgan fingerprint density at radius 2 is 2.18 bits per heavy atom. The molecule has 0 saturated heterocycles. The molecular weight excluding hydrogens is 278 g/mol. The molecule has 0 aliphatic carbocycles. The number of nitriles is 1. The maximum Gasteiger partial charge on any atom is 0.101 e. The summed E-state index contributed by atoms with van der Waals surface area (Å²) in [6.07, 6.45) is 2.26. The highest BCUT2D eigenvalue weighted by molar-refractivity contribution is 9.10. The molecule has 1 aromatic carbocycles. The van der Waals surface area contributed by atoms with Gasteiger partial charge < -0.3 is 5.01 Å². The highest BCUT2D eigenvalue weighted by Gasteiger charge is 2.19. The van der Waals surface area contributed by atoms with Crippen LogP contribution in [0.4, 0.5) is 0 Å². The minimum Gasteiger partial charge on any atom is -0.316 e. The number of hydrogen-bond donors (Lipinski definition) is 0. The molecule has 0 spiro atoms. The second-order valence-corrected chi connectivity index (χ2v) is 5.35. The number of benzene rings is 1. The molecule has 3 nitrogen and oxygen atoms in total. The van der Waals surface area contributed by atoms with Gasteiger partial charge in [0.15, 0.2) is 0 Å². The first-order chi connectivity index (χ1) is 8.20. The molecule has 3 rings (SSSR count). The molecule has 1 aliphatic rings. The first kappa shape index (κ1) is 10.7. The van der Waals surface area contributed by atoms with Crippen molar-refractivity contribution in [2.24, 2.45) is 0 Å². The molecular formula is C13H12BrN3. The molecule has 86 valence electrons. The Morgan fingerprint density at radius 1 is 1.35 bits per heavy atom. The minimum absolute atomic E-state index is 0.731. The zero-order valence-corrected chi connectivity index (χ0v) is 11.2. The highest BCUT2D eigenvalue weighted by atomic mass is 79.9. The summed E-state index contributed by atoms with van der Waals surface area (Å²) in [7, 11) is 2.07. The van der Waals surface area contributed by atoms with Crippen LogP contribution in [-0.4, -0.2) is 18.3 Å². The van der Waals surface area contributed by atoms with Crippen LogP contribution in [0.25, 0.3) is 10.9 Å². The van der Waals surface area contributed by atoms with Crippen molar-refractivity contribution in [3.05, 3.63) is 33.9 Å². The normalized spacial score (nSPS) is 14.8. The van der Waals surface area contributed by atoms with Crippen molar-refractivity contribution < 1.29 is 0 Å². The van der Waals surface area contributed by atoms with Gasteiger partial charge in [0.05, 0.1) is 11.1 Å². The van der Waals surface area contributed by atoms with E-state index in [-0.39, 0.29) is 0 Å². The smallest absolute Gasteiger partial charge is 0.101 e. The fourth-order valence-electron chi connectivity index (χ4n) is 2.59. The van der Waals surface area contributed by atoms with Gasteiger partial charge in [0.2, 0.25) is 0 Å². The van der Waals surface area contributed by atoms with Gasteiger partial charge >= 0.3 is 0 Å². The lowest BCUT2D eigenvalue weighted by atomic mass is 10.1. The zero-order valence-electron chi connectivity index (χ0n) is 9.57. The molecule has 2 aromatic rings. The van der Waals surface area contributed by atoms with Gasteiger partial charge in [-0.3, -0.25) is 4.68 Å². The van der Waals surface area contributed by atoms with E-state index in [4.69, 9.17) is 0 Å². The maximum absolute atomic E-state index is 9.26. The van der Waals surface area contributed by atoms with Gasteiger partial charge in [0.25, 0.3) is 0 Å². The van der Waals surface area contributed by atoms with Crippen molar-refractivity contribution in [3.8, 4) is 6.07 Å². The fraction of sp³-hybridized carbons (Fsp3) is 0.308. The maximum atomic E-state index is 9.26. The summed E-state index contributed by atoms with van der Waals surface area (Å²) in [5.74, 6) is 0. The molecule has 1 aliphatic heterocycles. The average Bonchev–Trinajstić information content (AvgIpc) is 2.67. The standard InChI is InChI=1S/C13H12BrN3/c1-16-4-2-3-12-7-9-5-11(14)6-10(8-15)13(9)17(12)16/h5-7H,2-4H2,1H3. The van der Waals surface area contributed by atoms with Gasteiger partial charge in [0.1, 0.15) is 6.07 Å². The van der Waals surface area contributed by atoms with E-state index < -0.39 is 0 Å². The molecule has 0 amide bonds. The lowest BCUT2D eigenvalue weighted by Crippen LogP contribution is -2.36. The van der Waals surface area contributed by atoms with E-state index in [1.165, 1.54) is 12.1 Å². The second kappa shape index (κ2) is 3.78. The Balaban J connectivity index is 2.41. The molecule has 0 unspecified atom stereocenters. The monoisotopic (exact) mass is 289 g/mol. The Bertz CT molecular complexity index is 636. The quantitative estimate of drug-likeness (QED) is 0.747. The van der Waals surface area contributed by atoms with Crippen LogP contribution >= 0.6 is 15.9 Å². The lowest BCUT2D eigenvalue weighted by molar-refractivity contribution is 0.560. The highest BCUT2D eigenvalue weighted by Crippen LogP contribution is 2.29. The summed E-state index contributed by atoms with van der Waals surface area (Å²) < 4.78 is 3.15. The molecule has 2 heterocycles. The third-order valence-electron chi connectivity index (χ3n) is 3.29. The van der Waals surface area contributed by atoms with E-state index in [1.54, 1.807) is 0 Å². The van der Waals surface area contributed by atoms with Gasteiger partial charge in [-0.15, -0.1) is 0 Å². The number of nitrogens with zero attached hydrogens (tertiary/aromatic N) is 3. The van der Waals surface area contributed by atoms with E-state index in [9.17, 15) is 5.26 Å². The van der Waals surface area contributed by atoms with E-state index in [0.717, 1.165) is 33.9 Å². The Kier molecular flexibility index (Phi) is 2.37. The summed E-state index contributed by atoms with van der Waals surface area (Å²) in [6, 6.07) is 8.45. The number of rotatable bonds is 0. The van der Waals surface area contributed by atoms with Gasteiger partial charge in [-0.05, 0) is 31.0 Å². The van der Waals surface area contributed by atoms with Crippen LogP contribution < -0.4 is 5.01 Å². The number of aromatic nitrogens is 1. The van der Waals surface area contributed by atoms with E-state index in [0.29, 0.717) is 0 Å². The minimum atomic E-state index is 0.731. The van der Waals surface area contributed by atoms with Crippen LogP contribution in [0.1, 0.15) is 17.7 Å². The number of halogens is 1. The summed E-state index contributed by atoms with van der Waals surface area (Å²) in [4.78, 5) is 0. The summed E-state index contributed by atoms with van der Waals surface area (Å²) in [5.41, 5.74) is 3.06. The SMILES string of the molecule is CN1CCCc2cc3cc(Br)cc(C#N)c3n21. The predicted molar refractivity (Wildman–Crippen MR) is 71.7 cm³/mol. The van der Waals surface area contributed by atoms with Crippen molar-refractivity contribution in [1.82, 2.24) is 4.68 Å². The van der Waals surface area contributed by atoms with Crippen molar-refractivity contribution in [2.75, 3.05) is 18.6 Å². The first-order valence-corrected chi connectivity index (χ1v) is 6.45. The lowest BCUT2D eigenvalue weighted by Gasteiger charge is -2.29. The number of hydrogen-bond acceptors (Lipinski definition) is 2. The third-order valence-corrected chi connectivity index (χ3v) is 3.74. The zero-order chi connectivity index (χ0) is 12.0. The number of fused-ring (bicyclic) bond motifs is 3. The first-order valence-electron chi connectivity index (χ1n) is 5.66. The topological polar surface area (TPSA) is 32.0 Å². The van der Waals surface area contributed by atoms with Crippen molar-refractivity contribution >= 4 is 26.8 Å². The molecule has 0 saturated carbocycles. The third kappa shape index (κ3) is 1.54. The van der Waals surface area contributed by atoms with E-state index >= 15 is 0 Å². The van der Waals surface area contributed by atoms with Crippen LogP contribution in [0.15, 0.2) is 22.7 Å². The predicted octanol–water partition coefficient (Wildman–Crippen LogP) is 2.79. The van der Waals surface area contributed by atoms with Crippen LogP contribution in [0.2, 0.25) is 0 Å². The molecule has 0 radical (unpaired) electrons. The van der Waals surface area contributed by atoms with Crippen molar-refractivity contribution in [2.45, 2.75) is 12.8 Å². The van der Waals surface area contributed by atoms with Gasteiger partial charge in [-0.25, -0.2) is 0 Å². The van der Waals surface area contributed by atoms with Gasteiger partial charge in [-0.1, -0.05) is 15.9 Å². The summed E-state index contributed by atoms with van der Waals surface area (Å²) in [6.45, 7) is 1.04. The van der Waals surface area contributed by atoms with E-state index in [2.05, 4.69) is 50.9 Å². The van der Waals surface area contributed by atoms with Crippen LogP contribution in [0, 0.1) is 11.3 Å². The van der Waals surface area contributed by atoms with Crippen LogP contribution in [-0.2, 0) is 6.42 Å². The molecule has 0 bridgehead atoms. The van der Waals surface area contributed by atoms with Crippen molar-refractivity contribution in [3.63, 3.8) is 0 Å². The molecule has 4 heteroatoms. The molecule has 1 aromatic heterocycles. The molecule has 17 heavy (non-hydrogen) atoms. The number of aryl methyl sites for hydroxylation is 1. The Labute approximate surface area is 108 Å². The molecule has 0 N–H and O–H groups in total. The summed E-state index contributed by atoms with van der Waals surface area (Å²) >= 11 is 3.46. The van der Waals surface area contributed by atoms with Crippen molar-refractivity contribution in [1.29, 1.82) is 5.26 Å². The second-order valence-electron chi connectivity index (χ2n) is 4.44. The van der Waals surface area contributed by atoms with E-state index in [1.807, 2.05) is 6.07 Å². The fourth-order valence-corrected chi connectivity index (χ4v) is 3.07. The Morgan fingerprint density at radius 3 is 2.94 bits per heavy atom. The van der Waals surface area contributed by atoms with Crippen LogP contribution in [0.5, 0.6) is 0 Å². The Hall–Kier alpha value is -1.47. The van der Waals surface area contributed by atoms with Gasteiger partial charge in [0, 0.05) is 29.1 Å². The largest absolute Gasteiger partial charge is 0.316 e. The van der Waals surface area contributed by atoms with Crippen LogP contribution in [0.3, 0.4) is 0 Å². The average molecular weight is 290 g/mol. The summed E-state index contributed by atoms with van der Waals surface area (Å²) in [5, 5.41) is 12.6.